The topological polar surface area (TPSA) is 130 Å². The molecule has 8 nitrogen and oxygen atoms in total. The Morgan fingerprint density at radius 1 is 1.00 bits per heavy atom. The number of nitrogens with zero attached hydrogens (tertiary/aromatic N) is 4. The van der Waals surface area contributed by atoms with Crippen molar-refractivity contribution in [3.63, 3.8) is 0 Å². The lowest BCUT2D eigenvalue weighted by Crippen LogP contribution is -2.06. The second kappa shape index (κ2) is 7.66. The molecule has 9 heteroatoms. The third-order valence-corrected chi connectivity index (χ3v) is 6.41. The number of nitrogens with two attached hydrogens (primary N) is 2. The van der Waals surface area contributed by atoms with Crippen molar-refractivity contribution in [3.8, 4) is 11.1 Å². The Kier molecular flexibility index (Phi) is 5.14. The molecule has 2 aromatic carbocycles. The van der Waals surface area contributed by atoms with Gasteiger partial charge in [-0.2, -0.15) is 4.98 Å². The Hall–Kier alpha value is -3.46. The van der Waals surface area contributed by atoms with Crippen LogP contribution in [0.15, 0.2) is 47.4 Å². The fraction of sp³-hybridized carbons (Fsp3) is 0.227. The van der Waals surface area contributed by atoms with Crippen LogP contribution in [0.1, 0.15) is 24.0 Å². The number of hydrogen-bond donors (Lipinski definition) is 2. The van der Waals surface area contributed by atoms with E-state index in [0.717, 1.165) is 39.2 Å². The highest BCUT2D eigenvalue weighted by Crippen LogP contribution is 2.31. The van der Waals surface area contributed by atoms with Crippen molar-refractivity contribution >= 4 is 32.6 Å². The zero-order valence-corrected chi connectivity index (χ0v) is 18.4. The highest BCUT2D eigenvalue weighted by atomic mass is 32.2. The summed E-state index contributed by atoms with van der Waals surface area (Å²) in [6.07, 6.45) is 1.89. The zero-order chi connectivity index (χ0) is 22.3. The van der Waals surface area contributed by atoms with Crippen LogP contribution in [0, 0.1) is 6.92 Å². The number of rotatable bonds is 5. The van der Waals surface area contributed by atoms with Crippen LogP contribution < -0.4 is 11.5 Å². The van der Waals surface area contributed by atoms with Gasteiger partial charge < -0.3 is 16.0 Å². The van der Waals surface area contributed by atoms with Crippen LogP contribution in [0.25, 0.3) is 22.2 Å². The van der Waals surface area contributed by atoms with Crippen molar-refractivity contribution in [2.24, 2.45) is 0 Å². The average Bonchev–Trinajstić information content (AvgIpc) is 3.01. The summed E-state index contributed by atoms with van der Waals surface area (Å²) in [7, 11) is -3.22. The first-order chi connectivity index (χ1) is 14.7. The fourth-order valence-corrected chi connectivity index (χ4v) is 4.38. The predicted molar refractivity (Wildman–Crippen MR) is 122 cm³/mol. The maximum atomic E-state index is 11.7. The summed E-state index contributed by atoms with van der Waals surface area (Å²) in [4.78, 5) is 13.5. The number of sulfone groups is 1. The van der Waals surface area contributed by atoms with Crippen molar-refractivity contribution in [2.75, 3.05) is 17.7 Å². The molecule has 0 aliphatic carbocycles. The van der Waals surface area contributed by atoms with E-state index in [2.05, 4.69) is 14.5 Å². The first kappa shape index (κ1) is 20.8. The number of hydrogen-bond acceptors (Lipinski definition) is 7. The minimum Gasteiger partial charge on any atom is -0.383 e. The van der Waals surface area contributed by atoms with Crippen LogP contribution in [0.4, 0.5) is 11.8 Å². The molecule has 0 unspecified atom stereocenters. The molecule has 160 valence electrons. The number of benzene rings is 2. The smallest absolute Gasteiger partial charge is 0.222 e. The quantitative estimate of drug-likeness (QED) is 0.492. The molecule has 0 atom stereocenters. The van der Waals surface area contributed by atoms with Gasteiger partial charge in [0.25, 0.3) is 0 Å². The standard InChI is InChI=1S/C22H24N6O2S/c1-4-17-20(21(23)27-22(24)26-17)15-7-10-19-18(11-15)25-13(2)28(19)12-14-5-8-16(9-6-14)31(3,29)30/h5-11H,4,12H2,1-3H3,(H4,23,24,26,27). The molecular weight excluding hydrogens is 412 g/mol. The summed E-state index contributed by atoms with van der Waals surface area (Å²) < 4.78 is 25.5. The van der Waals surface area contributed by atoms with E-state index < -0.39 is 9.84 Å². The first-order valence-corrected chi connectivity index (χ1v) is 11.7. The van der Waals surface area contributed by atoms with E-state index in [1.807, 2.05) is 44.2 Å². The van der Waals surface area contributed by atoms with E-state index in [4.69, 9.17) is 16.5 Å². The van der Waals surface area contributed by atoms with Crippen LogP contribution in [0.3, 0.4) is 0 Å². The minimum atomic E-state index is -3.22. The van der Waals surface area contributed by atoms with Gasteiger partial charge in [-0.1, -0.05) is 25.1 Å². The minimum absolute atomic E-state index is 0.168. The van der Waals surface area contributed by atoms with Gasteiger partial charge in [-0.3, -0.25) is 0 Å². The van der Waals surface area contributed by atoms with Gasteiger partial charge >= 0.3 is 0 Å². The average molecular weight is 437 g/mol. The van der Waals surface area contributed by atoms with Crippen molar-refractivity contribution < 1.29 is 8.42 Å². The van der Waals surface area contributed by atoms with Crippen LogP contribution in [-0.2, 0) is 22.8 Å². The summed E-state index contributed by atoms with van der Waals surface area (Å²) in [5.41, 5.74) is 17.2. The summed E-state index contributed by atoms with van der Waals surface area (Å²) in [5, 5.41) is 0. The van der Waals surface area contributed by atoms with Gasteiger partial charge in [0, 0.05) is 18.4 Å². The third-order valence-electron chi connectivity index (χ3n) is 5.28. The van der Waals surface area contributed by atoms with E-state index in [9.17, 15) is 8.42 Å². The molecule has 0 aliphatic heterocycles. The number of aromatic nitrogens is 4. The molecular formula is C22H24N6O2S. The number of anilines is 2. The maximum absolute atomic E-state index is 11.7. The molecule has 0 fully saturated rings. The van der Waals surface area contributed by atoms with E-state index in [0.29, 0.717) is 23.7 Å². The molecule has 0 spiro atoms. The van der Waals surface area contributed by atoms with Gasteiger partial charge in [0.2, 0.25) is 5.95 Å². The highest BCUT2D eigenvalue weighted by Gasteiger charge is 2.15. The summed E-state index contributed by atoms with van der Waals surface area (Å²) in [5.74, 6) is 1.38. The SMILES string of the molecule is CCc1nc(N)nc(N)c1-c1ccc2c(c1)nc(C)n2Cc1ccc(S(C)(=O)=O)cc1. The van der Waals surface area contributed by atoms with Crippen molar-refractivity contribution in [1.82, 2.24) is 19.5 Å². The van der Waals surface area contributed by atoms with Crippen LogP contribution in [0.2, 0.25) is 0 Å². The molecule has 4 aromatic rings. The molecule has 0 bridgehead atoms. The van der Waals surface area contributed by atoms with Gasteiger partial charge in [0.1, 0.15) is 11.6 Å². The normalized spacial score (nSPS) is 11.8. The monoisotopic (exact) mass is 436 g/mol. The van der Waals surface area contributed by atoms with Gasteiger partial charge in [0.15, 0.2) is 9.84 Å². The summed E-state index contributed by atoms with van der Waals surface area (Å²) in [6, 6.07) is 12.9. The molecule has 2 heterocycles. The number of aryl methyl sites for hydroxylation is 2. The maximum Gasteiger partial charge on any atom is 0.222 e. The van der Waals surface area contributed by atoms with Crippen molar-refractivity contribution in [3.05, 3.63) is 59.5 Å². The lowest BCUT2D eigenvalue weighted by Gasteiger charge is -2.11. The Bertz CT molecular complexity index is 1390. The Labute approximate surface area is 180 Å². The van der Waals surface area contributed by atoms with Gasteiger partial charge in [0.05, 0.1) is 21.6 Å². The molecule has 4 rings (SSSR count). The lowest BCUT2D eigenvalue weighted by molar-refractivity contribution is 0.602. The second-order valence-corrected chi connectivity index (χ2v) is 9.52. The van der Waals surface area contributed by atoms with Gasteiger partial charge in [-0.25, -0.2) is 18.4 Å². The van der Waals surface area contributed by atoms with E-state index in [1.54, 1.807) is 12.1 Å². The van der Waals surface area contributed by atoms with Gasteiger partial charge in [-0.15, -0.1) is 0 Å². The number of imidazole rings is 1. The van der Waals surface area contributed by atoms with Crippen LogP contribution in [-0.4, -0.2) is 34.2 Å². The first-order valence-electron chi connectivity index (χ1n) is 9.85. The van der Waals surface area contributed by atoms with Crippen molar-refractivity contribution in [2.45, 2.75) is 31.7 Å². The molecule has 31 heavy (non-hydrogen) atoms. The van der Waals surface area contributed by atoms with E-state index in [1.165, 1.54) is 6.26 Å². The molecule has 2 aromatic heterocycles. The lowest BCUT2D eigenvalue weighted by atomic mass is 10.0. The Morgan fingerprint density at radius 2 is 1.71 bits per heavy atom. The van der Waals surface area contributed by atoms with E-state index >= 15 is 0 Å². The summed E-state index contributed by atoms with van der Waals surface area (Å²) >= 11 is 0. The third kappa shape index (κ3) is 3.96. The second-order valence-electron chi connectivity index (χ2n) is 7.51. The van der Waals surface area contributed by atoms with Crippen LogP contribution in [0.5, 0.6) is 0 Å². The van der Waals surface area contributed by atoms with Crippen molar-refractivity contribution in [1.29, 1.82) is 0 Å². The molecule has 0 radical (unpaired) electrons. The number of nitrogen functional groups attached to an aromatic ring is 2. The summed E-state index contributed by atoms with van der Waals surface area (Å²) in [6.45, 7) is 4.53. The number of fused-ring (bicyclic) bond motifs is 1. The Morgan fingerprint density at radius 3 is 2.35 bits per heavy atom. The molecule has 0 saturated heterocycles. The van der Waals surface area contributed by atoms with Crippen LogP contribution >= 0.6 is 0 Å². The van der Waals surface area contributed by atoms with E-state index in [-0.39, 0.29) is 5.95 Å². The highest BCUT2D eigenvalue weighted by molar-refractivity contribution is 7.90. The largest absolute Gasteiger partial charge is 0.383 e. The molecule has 0 saturated carbocycles. The molecule has 0 aliphatic rings. The predicted octanol–water partition coefficient (Wildman–Crippen LogP) is 2.98. The van der Waals surface area contributed by atoms with Gasteiger partial charge in [-0.05, 0) is 48.7 Å². The Balaban J connectivity index is 1.74. The molecule has 4 N–H and O–H groups in total. The zero-order valence-electron chi connectivity index (χ0n) is 17.6. The molecule has 0 amide bonds. The fourth-order valence-electron chi connectivity index (χ4n) is 3.75.